The summed E-state index contributed by atoms with van der Waals surface area (Å²) in [4.78, 5) is 17.2. The van der Waals surface area contributed by atoms with E-state index in [9.17, 15) is 44.3 Å². The van der Waals surface area contributed by atoms with Crippen molar-refractivity contribution in [3.63, 3.8) is 0 Å². The molecule has 1 N–H and O–H groups in total. The Morgan fingerprint density at radius 2 is 1.53 bits per heavy atom. The molecule has 18 heteroatoms. The fourth-order valence-corrected chi connectivity index (χ4v) is 6.68. The van der Waals surface area contributed by atoms with E-state index in [2.05, 4.69) is 15.4 Å². The summed E-state index contributed by atoms with van der Waals surface area (Å²) in [6.07, 6.45) is -13.0. The van der Waals surface area contributed by atoms with Gasteiger partial charge in [-0.15, -0.1) is 5.10 Å². The first-order valence-corrected chi connectivity index (χ1v) is 15.5. The van der Waals surface area contributed by atoms with Crippen molar-refractivity contribution >= 4 is 17.6 Å². The second kappa shape index (κ2) is 13.7. The third-order valence-electron chi connectivity index (χ3n) is 8.96. The minimum atomic E-state index is -5.09. The first kappa shape index (κ1) is 36.2. The van der Waals surface area contributed by atoms with Crippen LogP contribution in [-0.4, -0.2) is 68.9 Å². The minimum absolute atomic E-state index is 0.0292. The van der Waals surface area contributed by atoms with Gasteiger partial charge in [0.25, 0.3) is 5.95 Å². The van der Waals surface area contributed by atoms with Crippen molar-refractivity contribution < 1.29 is 49.4 Å². The molecule has 1 fully saturated rings. The number of anilines is 2. The van der Waals surface area contributed by atoms with Gasteiger partial charge in [0, 0.05) is 25.3 Å². The molecule has 0 bridgehead atoms. The molecule has 9 nitrogen and oxygen atoms in total. The zero-order valence-electron chi connectivity index (χ0n) is 26.5. The zero-order valence-corrected chi connectivity index (χ0v) is 26.5. The molecule has 1 saturated heterocycles. The van der Waals surface area contributed by atoms with Crippen molar-refractivity contribution in [3.05, 3.63) is 63.7 Å². The van der Waals surface area contributed by atoms with E-state index in [1.165, 1.54) is 24.9 Å². The number of hydrogen-bond donors (Lipinski definition) is 1. The highest BCUT2D eigenvalue weighted by atomic mass is 19.4. The molecule has 2 aromatic carbocycles. The van der Waals surface area contributed by atoms with Crippen LogP contribution in [0.3, 0.4) is 0 Å². The van der Waals surface area contributed by atoms with Gasteiger partial charge in [-0.2, -0.15) is 44.3 Å². The predicted octanol–water partition coefficient (Wildman–Crippen LogP) is 6.72. The number of aryl methyl sites for hydroxylation is 2. The van der Waals surface area contributed by atoms with Gasteiger partial charge in [-0.3, -0.25) is 9.69 Å². The summed E-state index contributed by atoms with van der Waals surface area (Å²) in [7, 11) is 1.42. The molecule has 0 spiro atoms. The van der Waals surface area contributed by atoms with Gasteiger partial charge in [0.1, 0.15) is 0 Å². The maximum atomic E-state index is 14.2. The maximum Gasteiger partial charge on any atom is 0.416 e. The average Bonchev–Trinajstić information content (AvgIpc) is 3.35. The van der Waals surface area contributed by atoms with Crippen molar-refractivity contribution in [2.45, 2.75) is 63.7 Å². The molecule has 0 aliphatic carbocycles. The largest absolute Gasteiger partial charge is 0.480 e. The van der Waals surface area contributed by atoms with Crippen LogP contribution < -0.4 is 9.80 Å². The normalized spacial score (nSPS) is 18.3. The summed E-state index contributed by atoms with van der Waals surface area (Å²) in [6, 6.07) is 2.81. The lowest BCUT2D eigenvalue weighted by molar-refractivity contribution is -0.143. The third kappa shape index (κ3) is 8.56. The Morgan fingerprint density at radius 1 is 0.898 bits per heavy atom. The number of benzene rings is 2. The molecule has 0 radical (unpaired) electrons. The summed E-state index contributed by atoms with van der Waals surface area (Å²) >= 11 is 0. The van der Waals surface area contributed by atoms with Gasteiger partial charge in [0.2, 0.25) is 0 Å². The molecule has 5 rings (SSSR count). The Labute approximate surface area is 275 Å². The Kier molecular flexibility index (Phi) is 10.1. The number of carboxylic acid groups (broad SMARTS) is 1. The molecule has 268 valence electrons. The van der Waals surface area contributed by atoms with E-state index >= 15 is 0 Å². The summed E-state index contributed by atoms with van der Waals surface area (Å²) in [6.45, 7) is 2.34. The van der Waals surface area contributed by atoms with Crippen molar-refractivity contribution in [2.75, 3.05) is 42.5 Å². The highest BCUT2D eigenvalue weighted by molar-refractivity contribution is 5.69. The molecule has 1 aromatic heterocycles. The van der Waals surface area contributed by atoms with Gasteiger partial charge in [-0.25, -0.2) is 0 Å². The van der Waals surface area contributed by atoms with Crippen molar-refractivity contribution in [1.82, 2.24) is 25.1 Å². The van der Waals surface area contributed by atoms with E-state index in [0.717, 1.165) is 10.9 Å². The zero-order chi connectivity index (χ0) is 35.9. The number of carboxylic acids is 1. The van der Waals surface area contributed by atoms with Crippen molar-refractivity contribution in [2.24, 2.45) is 13.0 Å². The fourth-order valence-electron chi connectivity index (χ4n) is 6.68. The van der Waals surface area contributed by atoms with Gasteiger partial charge >= 0.3 is 24.5 Å². The minimum Gasteiger partial charge on any atom is -0.480 e. The van der Waals surface area contributed by atoms with Crippen LogP contribution in [0.15, 0.2) is 30.3 Å². The number of alkyl halides is 9. The van der Waals surface area contributed by atoms with Gasteiger partial charge in [-0.1, -0.05) is 11.2 Å². The second-order valence-electron chi connectivity index (χ2n) is 12.6. The number of carbonyl (C=O) groups is 1. The number of piperidine rings is 1. The molecule has 2 aliphatic rings. The smallest absolute Gasteiger partial charge is 0.416 e. The van der Waals surface area contributed by atoms with E-state index in [1.807, 2.05) is 4.90 Å². The average molecular weight is 708 g/mol. The maximum absolute atomic E-state index is 14.2. The van der Waals surface area contributed by atoms with Crippen LogP contribution in [0.25, 0.3) is 0 Å². The monoisotopic (exact) mass is 707 g/mol. The van der Waals surface area contributed by atoms with Crippen LogP contribution in [0, 0.1) is 12.8 Å². The summed E-state index contributed by atoms with van der Waals surface area (Å²) in [5.74, 6) is -1.04. The molecule has 0 saturated carbocycles. The number of tetrazole rings is 1. The van der Waals surface area contributed by atoms with Crippen LogP contribution in [0.5, 0.6) is 0 Å². The molecular formula is C31H34F9N7O2. The van der Waals surface area contributed by atoms with Gasteiger partial charge in [-0.05, 0) is 97.8 Å². The summed E-state index contributed by atoms with van der Waals surface area (Å²) in [5, 5.41) is 21.1. The first-order valence-electron chi connectivity index (χ1n) is 15.5. The number of halogens is 9. The van der Waals surface area contributed by atoms with Crippen LogP contribution in [0.2, 0.25) is 0 Å². The summed E-state index contributed by atoms with van der Waals surface area (Å²) < 4.78 is 125. The number of rotatable bonds is 8. The van der Waals surface area contributed by atoms with Gasteiger partial charge < -0.3 is 14.9 Å². The lowest BCUT2D eigenvalue weighted by Gasteiger charge is -2.36. The van der Waals surface area contributed by atoms with Crippen LogP contribution >= 0.6 is 0 Å². The lowest BCUT2D eigenvalue weighted by Crippen LogP contribution is -2.41. The molecule has 3 heterocycles. The molecule has 49 heavy (non-hydrogen) atoms. The SMILES string of the molecule is Cc1cc2c(cc1C(F)(F)F)N(CC1CCN(CC(=O)O)CC1)CCCC2N(Cc1cc(C(F)(F)F)cc(C(F)(F)F)c1)c1nnn(C)n1. The van der Waals surface area contributed by atoms with E-state index in [1.54, 1.807) is 4.90 Å². The van der Waals surface area contributed by atoms with Crippen molar-refractivity contribution in [1.29, 1.82) is 0 Å². The quantitative estimate of drug-likeness (QED) is 0.258. The Balaban J connectivity index is 1.58. The highest BCUT2D eigenvalue weighted by Gasteiger charge is 2.40. The van der Waals surface area contributed by atoms with Crippen LogP contribution in [-0.2, 0) is 36.9 Å². The third-order valence-corrected chi connectivity index (χ3v) is 8.96. The topological polar surface area (TPSA) is 90.6 Å². The number of hydrogen-bond acceptors (Lipinski definition) is 7. The van der Waals surface area contributed by atoms with Gasteiger partial charge in [0.15, 0.2) is 0 Å². The fraction of sp³-hybridized carbons (Fsp3) is 0.548. The molecule has 1 atom stereocenters. The number of fused-ring (bicyclic) bond motifs is 1. The van der Waals surface area contributed by atoms with E-state index in [4.69, 9.17) is 5.11 Å². The number of likely N-dealkylation sites (tertiary alicyclic amines) is 1. The molecule has 3 aromatic rings. The number of aliphatic carboxylic acids is 1. The highest BCUT2D eigenvalue weighted by Crippen LogP contribution is 2.44. The first-order chi connectivity index (χ1) is 22.8. The van der Waals surface area contributed by atoms with Crippen molar-refractivity contribution in [3.8, 4) is 0 Å². The van der Waals surface area contributed by atoms with Crippen LogP contribution in [0.4, 0.5) is 51.1 Å². The van der Waals surface area contributed by atoms with E-state index in [0.29, 0.717) is 63.1 Å². The lowest BCUT2D eigenvalue weighted by atomic mass is 9.93. The van der Waals surface area contributed by atoms with Crippen LogP contribution in [0.1, 0.15) is 65.1 Å². The Hall–Kier alpha value is -4.09. The van der Waals surface area contributed by atoms with E-state index in [-0.39, 0.29) is 47.7 Å². The second-order valence-corrected chi connectivity index (χ2v) is 12.6. The van der Waals surface area contributed by atoms with E-state index < -0.39 is 53.8 Å². The summed E-state index contributed by atoms with van der Waals surface area (Å²) in [5.41, 5.74) is -3.71. The predicted molar refractivity (Wildman–Crippen MR) is 159 cm³/mol. The number of nitrogens with zero attached hydrogens (tertiary/aromatic N) is 7. The molecule has 2 aliphatic heterocycles. The molecule has 1 unspecified atom stereocenters. The Morgan fingerprint density at radius 3 is 2.06 bits per heavy atom. The molecule has 0 amide bonds. The molecular weight excluding hydrogens is 673 g/mol. The number of aromatic nitrogens is 4. The van der Waals surface area contributed by atoms with Gasteiger partial charge in [0.05, 0.1) is 36.3 Å². The standard InChI is InChI=1S/C31H34F9N7O2/c1-18-10-23-25(47(28-41-43-44(2)42-28)16-20-11-21(29(32,33)34)13-22(12-20)30(35,36)37)4-3-7-46(26(23)14-24(18)31(38,39)40)15-19-5-8-45(9-6-19)17-27(48)49/h10-14,19,25H,3-9,15-17H2,1-2H3,(H,48,49). The Bertz CT molecular complexity index is 1620.